The van der Waals surface area contributed by atoms with Gasteiger partial charge >= 0.3 is 0 Å². The first-order valence-electron chi connectivity index (χ1n) is 10.5. The molecule has 3 rings (SSSR count). The largest absolute Gasteiger partial charge is 0.356 e. The molecule has 0 spiro atoms. The predicted octanol–water partition coefficient (Wildman–Crippen LogP) is 4.91. The number of nitrogens with zero attached hydrogens (tertiary/aromatic N) is 2. The van der Waals surface area contributed by atoms with Gasteiger partial charge in [-0.25, -0.2) is 4.98 Å². The Kier molecular flexibility index (Phi) is 7.65. The van der Waals surface area contributed by atoms with Gasteiger partial charge in [-0.15, -0.1) is 0 Å². The summed E-state index contributed by atoms with van der Waals surface area (Å²) in [5.74, 6) is 1.34. The summed E-state index contributed by atoms with van der Waals surface area (Å²) in [6.07, 6.45) is 6.71. The fraction of sp³-hybridized carbons (Fsp3) is 0.417. The Bertz CT molecular complexity index is 870. The number of benzene rings is 2. The van der Waals surface area contributed by atoms with Crippen molar-refractivity contribution in [2.24, 2.45) is 0 Å². The monoisotopic (exact) mass is 377 g/mol. The fourth-order valence-corrected chi connectivity index (χ4v) is 3.59. The number of carbonyl (C=O) groups excluding carboxylic acids is 1. The molecule has 1 amide bonds. The van der Waals surface area contributed by atoms with E-state index >= 15 is 0 Å². The van der Waals surface area contributed by atoms with E-state index in [1.165, 1.54) is 16.9 Å². The molecule has 1 N–H and O–H groups in total. The Labute approximate surface area is 168 Å². The average Bonchev–Trinajstić information content (AvgIpc) is 3.07. The van der Waals surface area contributed by atoms with E-state index in [0.29, 0.717) is 6.42 Å². The van der Waals surface area contributed by atoms with Crippen molar-refractivity contribution in [3.05, 3.63) is 66.0 Å². The number of unbranched alkanes of at least 4 members (excludes halogenated alkanes) is 2. The molecule has 1 heterocycles. The molecule has 0 bridgehead atoms. The predicted molar refractivity (Wildman–Crippen MR) is 115 cm³/mol. The lowest BCUT2D eigenvalue weighted by Crippen LogP contribution is -2.24. The van der Waals surface area contributed by atoms with Gasteiger partial charge in [0.1, 0.15) is 5.82 Å². The molecule has 4 nitrogen and oxygen atoms in total. The normalized spacial score (nSPS) is 11.0. The second kappa shape index (κ2) is 10.6. The third-order valence-electron chi connectivity index (χ3n) is 5.06. The van der Waals surface area contributed by atoms with Crippen LogP contribution < -0.4 is 5.32 Å². The zero-order valence-corrected chi connectivity index (χ0v) is 16.9. The highest BCUT2D eigenvalue weighted by Crippen LogP contribution is 2.18. The van der Waals surface area contributed by atoms with Crippen LogP contribution in [0.15, 0.2) is 54.6 Å². The van der Waals surface area contributed by atoms with Crippen LogP contribution in [0.3, 0.4) is 0 Å². The minimum absolute atomic E-state index is 0.147. The number of hydrogen-bond donors (Lipinski definition) is 1. The van der Waals surface area contributed by atoms with E-state index < -0.39 is 0 Å². The Morgan fingerprint density at radius 2 is 1.75 bits per heavy atom. The van der Waals surface area contributed by atoms with Crippen LogP contribution in [0.1, 0.15) is 50.4 Å². The van der Waals surface area contributed by atoms with Crippen molar-refractivity contribution in [2.45, 2.75) is 58.4 Å². The van der Waals surface area contributed by atoms with Gasteiger partial charge in [-0.05, 0) is 43.4 Å². The SMILES string of the molecule is CCCn1c(CCCCCNC(=O)CCc2ccccc2)nc2ccccc21. The first-order chi connectivity index (χ1) is 13.8. The van der Waals surface area contributed by atoms with Crippen LogP contribution in [0.2, 0.25) is 0 Å². The van der Waals surface area contributed by atoms with E-state index in [9.17, 15) is 4.79 Å². The molecule has 28 heavy (non-hydrogen) atoms. The molecule has 1 aromatic heterocycles. The Hall–Kier alpha value is -2.62. The molecule has 0 fully saturated rings. The maximum Gasteiger partial charge on any atom is 0.220 e. The minimum Gasteiger partial charge on any atom is -0.356 e. The summed E-state index contributed by atoms with van der Waals surface area (Å²) in [5, 5.41) is 3.04. The number of imidazole rings is 1. The molecule has 0 radical (unpaired) electrons. The van der Waals surface area contributed by atoms with Crippen molar-refractivity contribution < 1.29 is 4.79 Å². The average molecular weight is 378 g/mol. The van der Waals surface area contributed by atoms with Crippen LogP contribution in [-0.2, 0) is 24.2 Å². The first-order valence-corrected chi connectivity index (χ1v) is 10.5. The van der Waals surface area contributed by atoms with Gasteiger partial charge in [0, 0.05) is 25.9 Å². The molecule has 3 aromatic rings. The molecule has 4 heteroatoms. The summed E-state index contributed by atoms with van der Waals surface area (Å²) >= 11 is 0. The van der Waals surface area contributed by atoms with E-state index in [1.807, 2.05) is 18.2 Å². The number of nitrogens with one attached hydrogen (secondary N) is 1. The van der Waals surface area contributed by atoms with E-state index in [2.05, 4.69) is 53.2 Å². The summed E-state index contributed by atoms with van der Waals surface area (Å²) in [7, 11) is 0. The van der Waals surface area contributed by atoms with Crippen molar-refractivity contribution in [2.75, 3.05) is 6.54 Å². The highest BCUT2D eigenvalue weighted by atomic mass is 16.1. The maximum absolute atomic E-state index is 12.0. The summed E-state index contributed by atoms with van der Waals surface area (Å²) in [5.41, 5.74) is 3.55. The minimum atomic E-state index is 0.147. The highest BCUT2D eigenvalue weighted by molar-refractivity contribution is 5.76. The standard InChI is InChI=1S/C24H31N3O/c1-2-19-27-22-14-9-8-13-21(22)26-23(27)15-7-4-10-18-25-24(28)17-16-20-11-5-3-6-12-20/h3,5-6,8-9,11-14H,2,4,7,10,15-19H2,1H3,(H,25,28). The molecule has 0 unspecified atom stereocenters. The number of hydrogen-bond acceptors (Lipinski definition) is 2. The van der Waals surface area contributed by atoms with E-state index in [4.69, 9.17) is 4.98 Å². The lowest BCUT2D eigenvalue weighted by Gasteiger charge is -2.08. The Morgan fingerprint density at radius 3 is 2.57 bits per heavy atom. The fourth-order valence-electron chi connectivity index (χ4n) is 3.59. The first kappa shape index (κ1) is 20.1. The number of amides is 1. The molecule has 0 aliphatic carbocycles. The van der Waals surface area contributed by atoms with Gasteiger partial charge in [-0.3, -0.25) is 4.79 Å². The third-order valence-corrected chi connectivity index (χ3v) is 5.06. The van der Waals surface area contributed by atoms with Gasteiger partial charge in [0.15, 0.2) is 0 Å². The number of rotatable bonds is 11. The van der Waals surface area contributed by atoms with Crippen LogP contribution in [-0.4, -0.2) is 22.0 Å². The number of para-hydroxylation sites is 2. The lowest BCUT2D eigenvalue weighted by atomic mass is 10.1. The molecule has 0 atom stereocenters. The van der Waals surface area contributed by atoms with Crippen LogP contribution >= 0.6 is 0 Å². The third kappa shape index (κ3) is 5.69. The van der Waals surface area contributed by atoms with Crippen molar-refractivity contribution in [3.63, 3.8) is 0 Å². The molecule has 2 aromatic carbocycles. The second-order valence-corrected chi connectivity index (χ2v) is 7.31. The van der Waals surface area contributed by atoms with Gasteiger partial charge < -0.3 is 9.88 Å². The molecule has 148 valence electrons. The molecule has 0 aliphatic heterocycles. The van der Waals surface area contributed by atoms with Crippen molar-refractivity contribution >= 4 is 16.9 Å². The van der Waals surface area contributed by atoms with Gasteiger partial charge in [0.25, 0.3) is 0 Å². The molecule has 0 saturated carbocycles. The van der Waals surface area contributed by atoms with Crippen molar-refractivity contribution in [1.29, 1.82) is 0 Å². The van der Waals surface area contributed by atoms with E-state index in [1.54, 1.807) is 0 Å². The molecular formula is C24H31N3O. The maximum atomic E-state index is 12.0. The number of fused-ring (bicyclic) bond motifs is 1. The van der Waals surface area contributed by atoms with Crippen LogP contribution in [0.25, 0.3) is 11.0 Å². The van der Waals surface area contributed by atoms with Gasteiger partial charge in [-0.2, -0.15) is 0 Å². The van der Waals surface area contributed by atoms with Gasteiger partial charge in [-0.1, -0.05) is 55.8 Å². The zero-order valence-electron chi connectivity index (χ0n) is 16.9. The number of carbonyl (C=O) groups is 1. The molecular weight excluding hydrogens is 346 g/mol. The van der Waals surface area contributed by atoms with Gasteiger partial charge in [0.2, 0.25) is 5.91 Å². The summed E-state index contributed by atoms with van der Waals surface area (Å²) < 4.78 is 2.36. The topological polar surface area (TPSA) is 46.9 Å². The van der Waals surface area contributed by atoms with Crippen LogP contribution in [0.4, 0.5) is 0 Å². The van der Waals surface area contributed by atoms with Crippen LogP contribution in [0, 0.1) is 0 Å². The van der Waals surface area contributed by atoms with E-state index in [0.717, 1.165) is 57.1 Å². The molecule has 0 aliphatic rings. The van der Waals surface area contributed by atoms with E-state index in [-0.39, 0.29) is 5.91 Å². The summed E-state index contributed by atoms with van der Waals surface area (Å²) in [6, 6.07) is 18.6. The van der Waals surface area contributed by atoms with Gasteiger partial charge in [0.05, 0.1) is 11.0 Å². The zero-order chi connectivity index (χ0) is 19.6. The number of aromatic nitrogens is 2. The van der Waals surface area contributed by atoms with Crippen LogP contribution in [0.5, 0.6) is 0 Å². The Balaban J connectivity index is 1.35. The number of aryl methyl sites for hydroxylation is 3. The quantitative estimate of drug-likeness (QED) is 0.483. The second-order valence-electron chi connectivity index (χ2n) is 7.31. The van der Waals surface area contributed by atoms with Crippen molar-refractivity contribution in [1.82, 2.24) is 14.9 Å². The summed E-state index contributed by atoms with van der Waals surface area (Å²) in [4.78, 5) is 16.8. The summed E-state index contributed by atoms with van der Waals surface area (Å²) in [6.45, 7) is 3.99. The Morgan fingerprint density at radius 1 is 0.964 bits per heavy atom. The van der Waals surface area contributed by atoms with Crippen molar-refractivity contribution in [3.8, 4) is 0 Å². The smallest absolute Gasteiger partial charge is 0.220 e. The lowest BCUT2D eigenvalue weighted by molar-refractivity contribution is -0.121. The highest BCUT2D eigenvalue weighted by Gasteiger charge is 2.09. The molecule has 0 saturated heterocycles.